The van der Waals surface area contributed by atoms with Crippen molar-refractivity contribution in [3.63, 3.8) is 0 Å². The molecule has 0 aliphatic carbocycles. The molecule has 0 fully saturated rings. The van der Waals surface area contributed by atoms with E-state index in [0.717, 1.165) is 20.3 Å². The van der Waals surface area contributed by atoms with Crippen molar-refractivity contribution in [1.82, 2.24) is 0 Å². The minimum Gasteiger partial charge on any atom is -0.481 e. The summed E-state index contributed by atoms with van der Waals surface area (Å²) in [6, 6.07) is 0. The summed E-state index contributed by atoms with van der Waals surface area (Å²) in [6.45, 7) is 3.28. The summed E-state index contributed by atoms with van der Waals surface area (Å²) in [5.74, 6) is -2.38. The van der Waals surface area contributed by atoms with E-state index < -0.39 is 24.0 Å². The molecule has 0 aromatic carbocycles. The van der Waals surface area contributed by atoms with E-state index in [1.807, 2.05) is 6.92 Å². The van der Waals surface area contributed by atoms with Crippen molar-refractivity contribution in [2.75, 3.05) is 13.2 Å². The van der Waals surface area contributed by atoms with E-state index in [4.69, 9.17) is 40.2 Å². The van der Waals surface area contributed by atoms with Crippen LogP contribution in [0.2, 0.25) is 0 Å². The quantitative estimate of drug-likeness (QED) is 0.395. The highest BCUT2D eigenvalue weighted by atomic mass is 16.4. The van der Waals surface area contributed by atoms with Gasteiger partial charge in [0, 0.05) is 20.3 Å². The van der Waals surface area contributed by atoms with Crippen LogP contribution in [0.5, 0.6) is 0 Å². The second-order valence-corrected chi connectivity index (χ2v) is 3.20. The number of hydrogen-bond acceptors (Lipinski definition) is 6. The summed E-state index contributed by atoms with van der Waals surface area (Å²) in [5.41, 5.74) is 0. The maximum Gasteiger partial charge on any atom is 0.303 e. The van der Waals surface area contributed by atoms with Crippen molar-refractivity contribution in [3.8, 4) is 0 Å². The minimum atomic E-state index is -0.954. The van der Waals surface area contributed by atoms with Crippen molar-refractivity contribution in [3.05, 3.63) is 0 Å². The number of carboxylic acid groups (broad SMARTS) is 3. The summed E-state index contributed by atoms with van der Waals surface area (Å²) in [4.78, 5) is 27.6. The number of aliphatic hydroxyl groups is 3. The molecule has 0 saturated carbocycles. The van der Waals surface area contributed by atoms with E-state index in [-0.39, 0.29) is 13.2 Å². The maximum atomic E-state index is 9.60. The molecule has 0 spiro atoms. The van der Waals surface area contributed by atoms with E-state index in [1.54, 1.807) is 0 Å². The Bertz CT molecular complexity index is 216. The zero-order valence-electron chi connectivity index (χ0n) is 11.8. The first-order valence-corrected chi connectivity index (χ1v) is 5.55. The van der Waals surface area contributed by atoms with Crippen LogP contribution >= 0.6 is 0 Å². The Morgan fingerprint density at radius 3 is 1.15 bits per heavy atom. The zero-order valence-corrected chi connectivity index (χ0v) is 11.8. The highest BCUT2D eigenvalue weighted by molar-refractivity contribution is 5.66. The number of aliphatic carboxylic acids is 3. The fourth-order valence-electron chi connectivity index (χ4n) is 0.272. The van der Waals surface area contributed by atoms with E-state index >= 15 is 0 Å². The fraction of sp³-hybridized carbons (Fsp3) is 0.727. The van der Waals surface area contributed by atoms with Crippen LogP contribution in [0, 0.1) is 0 Å². The Kier molecular flexibility index (Phi) is 30.1. The number of carboxylic acids is 3. The summed E-state index contributed by atoms with van der Waals surface area (Å²) in [6.07, 6.45) is 0.0694. The molecule has 0 aliphatic heterocycles. The molecule has 0 atom stereocenters. The summed E-state index contributed by atoms with van der Waals surface area (Å²) >= 11 is 0. The van der Waals surface area contributed by atoms with Gasteiger partial charge in [0.15, 0.2) is 0 Å². The molecule has 0 amide bonds. The highest BCUT2D eigenvalue weighted by Crippen LogP contribution is 1.82. The summed E-state index contributed by atoms with van der Waals surface area (Å²) < 4.78 is 0. The molecule has 0 unspecified atom stereocenters. The zero-order chi connectivity index (χ0) is 17.1. The van der Waals surface area contributed by atoms with Gasteiger partial charge in [0.2, 0.25) is 0 Å². The van der Waals surface area contributed by atoms with E-state index in [9.17, 15) is 4.79 Å². The Morgan fingerprint density at radius 2 is 1.15 bits per heavy atom. The Morgan fingerprint density at radius 1 is 0.900 bits per heavy atom. The molecule has 9 heteroatoms. The third-order valence-electron chi connectivity index (χ3n) is 0.885. The van der Waals surface area contributed by atoms with Crippen molar-refractivity contribution in [1.29, 1.82) is 0 Å². The van der Waals surface area contributed by atoms with Crippen LogP contribution in [0.3, 0.4) is 0 Å². The summed E-state index contributed by atoms with van der Waals surface area (Å²) in [7, 11) is 0. The van der Waals surface area contributed by atoms with Gasteiger partial charge < -0.3 is 30.6 Å². The van der Waals surface area contributed by atoms with Crippen molar-refractivity contribution in [2.24, 2.45) is 0 Å². The predicted molar refractivity (Wildman–Crippen MR) is 69.3 cm³/mol. The van der Waals surface area contributed by atoms with Gasteiger partial charge in [-0.15, -0.1) is 0 Å². The van der Waals surface area contributed by atoms with Gasteiger partial charge in [-0.25, -0.2) is 0 Å². The third kappa shape index (κ3) is 136. The molecule has 20 heavy (non-hydrogen) atoms. The van der Waals surface area contributed by atoms with Crippen molar-refractivity contribution < 1.29 is 45.0 Å². The normalized spacial score (nSPS) is 7.95. The highest BCUT2D eigenvalue weighted by Gasteiger charge is 1.93. The molecular formula is C11H24O9. The van der Waals surface area contributed by atoms with Gasteiger partial charge in [-0.3, -0.25) is 14.4 Å². The molecule has 122 valence electrons. The molecule has 9 nitrogen and oxygen atoms in total. The number of hydrogen-bond donors (Lipinski definition) is 6. The lowest BCUT2D eigenvalue weighted by molar-refractivity contribution is -0.137. The third-order valence-corrected chi connectivity index (χ3v) is 0.885. The maximum absolute atomic E-state index is 9.60. The van der Waals surface area contributed by atoms with Gasteiger partial charge in [-0.05, 0) is 6.42 Å². The standard InChI is InChI=1S/C4H8O2.C3H8O3.2C2H4O2/c1-2-3-4(5)6;4-1-3(6)2-5;2*1-2(3)4/h2-3H2,1H3,(H,5,6);3-6H,1-2H2;2*1H3,(H,3,4). The van der Waals surface area contributed by atoms with Crippen LogP contribution < -0.4 is 0 Å². The van der Waals surface area contributed by atoms with Crippen LogP contribution in [0.25, 0.3) is 0 Å². The Labute approximate surface area is 117 Å². The van der Waals surface area contributed by atoms with Gasteiger partial charge in [0.25, 0.3) is 11.9 Å². The van der Waals surface area contributed by atoms with Crippen LogP contribution in [0.15, 0.2) is 0 Å². The monoisotopic (exact) mass is 300 g/mol. The predicted octanol–water partition coefficient (Wildman–Crippen LogP) is -0.615. The van der Waals surface area contributed by atoms with E-state index in [0.29, 0.717) is 6.42 Å². The van der Waals surface area contributed by atoms with Crippen LogP contribution in [-0.2, 0) is 14.4 Å². The Hall–Kier alpha value is -1.71. The molecule has 0 radical (unpaired) electrons. The molecule has 0 saturated heterocycles. The first-order chi connectivity index (χ1) is 9.04. The largest absolute Gasteiger partial charge is 0.481 e. The first kappa shape index (κ1) is 26.8. The van der Waals surface area contributed by atoms with Crippen molar-refractivity contribution in [2.45, 2.75) is 39.7 Å². The Balaban J connectivity index is -0.0000000871. The van der Waals surface area contributed by atoms with E-state index in [1.165, 1.54) is 0 Å². The number of carbonyl (C=O) groups is 3. The average molecular weight is 300 g/mol. The van der Waals surface area contributed by atoms with Gasteiger partial charge in [0.05, 0.1) is 13.2 Å². The second kappa shape index (κ2) is 22.5. The minimum absolute atomic E-state index is 0.292. The van der Waals surface area contributed by atoms with Crippen LogP contribution in [0.1, 0.15) is 33.6 Å². The van der Waals surface area contributed by atoms with Gasteiger partial charge in [0.1, 0.15) is 6.10 Å². The SMILES string of the molecule is CC(=O)O.CC(=O)O.CCCC(=O)O.OCC(O)CO. The second-order valence-electron chi connectivity index (χ2n) is 3.20. The fourth-order valence-corrected chi connectivity index (χ4v) is 0.272. The summed E-state index contributed by atoms with van der Waals surface area (Å²) in [5, 5.41) is 46.8. The molecule has 0 aliphatic rings. The number of rotatable bonds is 4. The van der Waals surface area contributed by atoms with Crippen LogP contribution in [-0.4, -0.2) is 67.9 Å². The molecule has 0 aromatic rings. The first-order valence-electron chi connectivity index (χ1n) is 5.55. The molecule has 0 rings (SSSR count). The molecule has 0 aromatic heterocycles. The van der Waals surface area contributed by atoms with Crippen molar-refractivity contribution >= 4 is 17.9 Å². The molecular weight excluding hydrogens is 276 g/mol. The molecule has 0 heterocycles. The molecule has 6 N–H and O–H groups in total. The molecule has 0 bridgehead atoms. The average Bonchev–Trinajstić information content (AvgIpc) is 2.27. The topological polar surface area (TPSA) is 173 Å². The smallest absolute Gasteiger partial charge is 0.303 e. The van der Waals surface area contributed by atoms with Gasteiger partial charge in [-0.1, -0.05) is 6.92 Å². The lowest BCUT2D eigenvalue weighted by atomic mass is 10.4. The van der Waals surface area contributed by atoms with Gasteiger partial charge in [-0.2, -0.15) is 0 Å². The van der Waals surface area contributed by atoms with Crippen LogP contribution in [0.4, 0.5) is 0 Å². The van der Waals surface area contributed by atoms with Gasteiger partial charge >= 0.3 is 5.97 Å². The lowest BCUT2D eigenvalue weighted by Crippen LogP contribution is -2.15. The number of aliphatic hydroxyl groups excluding tert-OH is 3. The van der Waals surface area contributed by atoms with E-state index in [2.05, 4.69) is 0 Å². The lowest BCUT2D eigenvalue weighted by Gasteiger charge is -1.96.